The van der Waals surface area contributed by atoms with Gasteiger partial charge in [0.2, 0.25) is 0 Å². The Morgan fingerprint density at radius 3 is 3.00 bits per heavy atom. The van der Waals surface area contributed by atoms with Crippen LogP contribution in [0.1, 0.15) is 36.1 Å². The second kappa shape index (κ2) is 4.91. The number of anilines is 1. The van der Waals surface area contributed by atoms with E-state index in [0.29, 0.717) is 12.0 Å². The Morgan fingerprint density at radius 1 is 1.15 bits per heavy atom. The number of pyridine rings is 1. The molecule has 4 rings (SSSR count). The summed E-state index contributed by atoms with van der Waals surface area (Å²) in [6.45, 7) is 0.870. The van der Waals surface area contributed by atoms with Crippen LogP contribution < -0.4 is 5.32 Å². The van der Waals surface area contributed by atoms with E-state index in [9.17, 15) is 0 Å². The van der Waals surface area contributed by atoms with E-state index in [-0.39, 0.29) is 6.10 Å². The number of hydrogen-bond donors (Lipinski definition) is 1. The van der Waals surface area contributed by atoms with Crippen molar-refractivity contribution in [2.45, 2.75) is 25.0 Å². The zero-order chi connectivity index (χ0) is 13.4. The van der Waals surface area contributed by atoms with Crippen molar-refractivity contribution in [3.05, 3.63) is 59.9 Å². The van der Waals surface area contributed by atoms with Crippen LogP contribution >= 0.6 is 0 Å². The fraction of sp³-hybridized carbons (Fsp3) is 0.353. The molecule has 102 valence electrons. The molecule has 0 amide bonds. The minimum absolute atomic E-state index is 0.214. The summed E-state index contributed by atoms with van der Waals surface area (Å²) in [5.74, 6) is 0.489. The van der Waals surface area contributed by atoms with E-state index in [1.165, 1.54) is 23.2 Å². The van der Waals surface area contributed by atoms with Crippen LogP contribution in [0.3, 0.4) is 0 Å². The summed E-state index contributed by atoms with van der Waals surface area (Å²) in [6.07, 6.45) is 6.35. The highest BCUT2D eigenvalue weighted by atomic mass is 16.5. The maximum Gasteiger partial charge on any atom is 0.0895 e. The van der Waals surface area contributed by atoms with Gasteiger partial charge in [-0.05, 0) is 30.5 Å². The van der Waals surface area contributed by atoms with Crippen molar-refractivity contribution in [1.29, 1.82) is 0 Å². The highest BCUT2D eigenvalue weighted by molar-refractivity contribution is 5.56. The molecule has 1 N–H and O–H groups in total. The van der Waals surface area contributed by atoms with E-state index in [0.717, 1.165) is 13.0 Å². The maximum absolute atomic E-state index is 6.10. The Bertz CT molecular complexity index is 599. The van der Waals surface area contributed by atoms with E-state index in [4.69, 9.17) is 4.74 Å². The first-order chi connectivity index (χ1) is 9.93. The van der Waals surface area contributed by atoms with Gasteiger partial charge in [0.1, 0.15) is 0 Å². The Balaban J connectivity index is 1.78. The van der Waals surface area contributed by atoms with Crippen LogP contribution in [0.2, 0.25) is 0 Å². The van der Waals surface area contributed by atoms with Crippen LogP contribution in [0, 0.1) is 5.92 Å². The molecule has 0 aliphatic carbocycles. The lowest BCUT2D eigenvalue weighted by Gasteiger charge is -2.43. The second-order valence-electron chi connectivity index (χ2n) is 5.59. The number of nitrogens with zero attached hydrogens (tertiary/aromatic N) is 1. The van der Waals surface area contributed by atoms with Crippen LogP contribution in [0.4, 0.5) is 5.69 Å². The maximum atomic E-state index is 6.10. The van der Waals surface area contributed by atoms with Crippen molar-refractivity contribution in [2.24, 2.45) is 5.92 Å². The molecule has 1 saturated heterocycles. The zero-order valence-corrected chi connectivity index (χ0v) is 11.3. The topological polar surface area (TPSA) is 34.2 Å². The number of para-hydroxylation sites is 1. The quantitative estimate of drug-likeness (QED) is 0.854. The largest absolute Gasteiger partial charge is 0.377 e. The van der Waals surface area contributed by atoms with Crippen LogP contribution in [-0.4, -0.2) is 11.6 Å². The van der Waals surface area contributed by atoms with Gasteiger partial charge < -0.3 is 10.1 Å². The first kappa shape index (κ1) is 11.9. The van der Waals surface area contributed by atoms with Gasteiger partial charge in [-0.15, -0.1) is 0 Å². The predicted molar refractivity (Wildman–Crippen MR) is 78.5 cm³/mol. The van der Waals surface area contributed by atoms with E-state index in [1.807, 2.05) is 18.5 Å². The fourth-order valence-corrected chi connectivity index (χ4v) is 3.51. The smallest absolute Gasteiger partial charge is 0.0895 e. The average Bonchev–Trinajstić information content (AvgIpc) is 2.55. The molecule has 3 unspecified atom stereocenters. The molecule has 3 heterocycles. The number of aromatic nitrogens is 1. The summed E-state index contributed by atoms with van der Waals surface area (Å²) in [7, 11) is 0. The van der Waals surface area contributed by atoms with Gasteiger partial charge in [-0.1, -0.05) is 24.3 Å². The molecule has 0 bridgehead atoms. The van der Waals surface area contributed by atoms with Crippen molar-refractivity contribution >= 4 is 5.69 Å². The van der Waals surface area contributed by atoms with Crippen LogP contribution in [0.25, 0.3) is 0 Å². The summed E-state index contributed by atoms with van der Waals surface area (Å²) >= 11 is 0. The molecule has 2 aliphatic rings. The van der Waals surface area contributed by atoms with E-state index in [2.05, 4.69) is 40.6 Å². The first-order valence-electron chi connectivity index (χ1n) is 7.30. The highest BCUT2D eigenvalue weighted by Crippen LogP contribution is 2.48. The molecule has 1 fully saturated rings. The van der Waals surface area contributed by atoms with E-state index in [1.54, 1.807) is 0 Å². The second-order valence-corrected chi connectivity index (χ2v) is 5.59. The molecule has 1 aromatic heterocycles. The molecular weight excluding hydrogens is 248 g/mol. The summed E-state index contributed by atoms with van der Waals surface area (Å²) in [6, 6.07) is 13.0. The number of hydrogen-bond acceptors (Lipinski definition) is 3. The summed E-state index contributed by atoms with van der Waals surface area (Å²) in [5.41, 5.74) is 3.75. The molecule has 1 aromatic carbocycles. The Labute approximate surface area is 119 Å². The summed E-state index contributed by atoms with van der Waals surface area (Å²) in [5, 5.41) is 3.69. The minimum atomic E-state index is 0.214. The standard InChI is InChI=1S/C17H18N2O/c1-2-8-15-13(6-1)17-14(7-4-10-20-17)16(19-15)12-5-3-9-18-11-12/h1-3,5-6,8-9,11,14,16-17,19H,4,7,10H2. The van der Waals surface area contributed by atoms with Crippen LogP contribution in [0.15, 0.2) is 48.8 Å². The van der Waals surface area contributed by atoms with Gasteiger partial charge in [0.05, 0.1) is 12.1 Å². The van der Waals surface area contributed by atoms with Gasteiger partial charge in [0.25, 0.3) is 0 Å². The number of ether oxygens (including phenoxy) is 1. The molecule has 0 radical (unpaired) electrons. The molecule has 20 heavy (non-hydrogen) atoms. The SMILES string of the molecule is c1cncc(C2Nc3ccccc3C3OCCCC23)c1. The van der Waals surface area contributed by atoms with E-state index < -0.39 is 0 Å². The first-order valence-corrected chi connectivity index (χ1v) is 7.30. The number of nitrogens with one attached hydrogen (secondary N) is 1. The lowest BCUT2D eigenvalue weighted by Crippen LogP contribution is -2.35. The summed E-state index contributed by atoms with van der Waals surface area (Å²) < 4.78 is 6.10. The van der Waals surface area contributed by atoms with Gasteiger partial charge in [-0.2, -0.15) is 0 Å². The van der Waals surface area contributed by atoms with Gasteiger partial charge in [0.15, 0.2) is 0 Å². The van der Waals surface area contributed by atoms with Crippen LogP contribution in [-0.2, 0) is 4.74 Å². The van der Waals surface area contributed by atoms with Crippen LogP contribution in [0.5, 0.6) is 0 Å². The van der Waals surface area contributed by atoms with Gasteiger partial charge in [-0.3, -0.25) is 4.98 Å². The molecular formula is C17H18N2O. The molecule has 2 aliphatic heterocycles. The average molecular weight is 266 g/mol. The van der Waals surface area contributed by atoms with Crippen molar-refractivity contribution in [2.75, 3.05) is 11.9 Å². The van der Waals surface area contributed by atoms with Gasteiger partial charge in [-0.25, -0.2) is 0 Å². The lowest BCUT2D eigenvalue weighted by atomic mass is 9.78. The molecule has 0 saturated carbocycles. The van der Waals surface area contributed by atoms with Crippen molar-refractivity contribution in [3.63, 3.8) is 0 Å². The molecule has 3 heteroatoms. The van der Waals surface area contributed by atoms with Crippen molar-refractivity contribution in [1.82, 2.24) is 4.98 Å². The lowest BCUT2D eigenvalue weighted by molar-refractivity contribution is -0.0381. The van der Waals surface area contributed by atoms with Gasteiger partial charge in [0, 0.05) is 36.2 Å². The molecule has 3 nitrogen and oxygen atoms in total. The fourth-order valence-electron chi connectivity index (χ4n) is 3.51. The van der Waals surface area contributed by atoms with Gasteiger partial charge >= 0.3 is 0 Å². The van der Waals surface area contributed by atoms with Crippen molar-refractivity contribution < 1.29 is 4.74 Å². The third-order valence-electron chi connectivity index (χ3n) is 4.42. The Morgan fingerprint density at radius 2 is 2.10 bits per heavy atom. The number of rotatable bonds is 1. The monoisotopic (exact) mass is 266 g/mol. The van der Waals surface area contributed by atoms with E-state index >= 15 is 0 Å². The molecule has 3 atom stereocenters. The third-order valence-corrected chi connectivity index (χ3v) is 4.42. The zero-order valence-electron chi connectivity index (χ0n) is 11.3. The molecule has 0 spiro atoms. The van der Waals surface area contributed by atoms with Crippen molar-refractivity contribution in [3.8, 4) is 0 Å². The Hall–Kier alpha value is -1.87. The highest BCUT2D eigenvalue weighted by Gasteiger charge is 2.39. The minimum Gasteiger partial charge on any atom is -0.377 e. The summed E-state index contributed by atoms with van der Waals surface area (Å²) in [4.78, 5) is 4.27. The molecule has 2 aromatic rings. The third kappa shape index (κ3) is 1.90. The number of fused-ring (bicyclic) bond motifs is 3. The number of benzene rings is 1. The normalized spacial score (nSPS) is 28.1. The Kier molecular flexibility index (Phi) is 2.92. The predicted octanol–water partition coefficient (Wildman–Crippen LogP) is 3.72.